The molecule has 19 heavy (non-hydrogen) atoms. The van der Waals surface area contributed by atoms with Gasteiger partial charge >= 0.3 is 0 Å². The maximum Gasteiger partial charge on any atom is 0.0410 e. The lowest BCUT2D eigenvalue weighted by Crippen LogP contribution is -2.18. The topological polar surface area (TPSA) is 38.9 Å². The van der Waals surface area contributed by atoms with Gasteiger partial charge in [0.25, 0.3) is 0 Å². The van der Waals surface area contributed by atoms with Crippen LogP contribution in [0, 0.1) is 20.8 Å². The molecule has 0 amide bonds. The van der Waals surface area contributed by atoms with Crippen molar-refractivity contribution in [2.45, 2.75) is 33.1 Å². The highest BCUT2D eigenvalue weighted by Crippen LogP contribution is 2.27. The third kappa shape index (κ3) is 3.21. The van der Waals surface area contributed by atoms with Crippen LogP contribution >= 0.6 is 0 Å². The first-order valence-corrected chi connectivity index (χ1v) is 6.79. The molecule has 2 rings (SSSR count). The van der Waals surface area contributed by atoms with E-state index >= 15 is 0 Å². The molecule has 0 radical (unpaired) electrons. The second-order valence-corrected chi connectivity index (χ2v) is 5.27. The van der Waals surface area contributed by atoms with Gasteiger partial charge in [-0.3, -0.25) is 4.98 Å². The fourth-order valence-corrected chi connectivity index (χ4v) is 2.91. The molecule has 2 N–H and O–H groups in total. The minimum absolute atomic E-state index is 0.343. The molecule has 1 unspecified atom stereocenters. The smallest absolute Gasteiger partial charge is 0.0410 e. The lowest BCUT2D eigenvalue weighted by Gasteiger charge is -2.20. The maximum atomic E-state index is 6.00. The van der Waals surface area contributed by atoms with Crippen molar-refractivity contribution >= 4 is 0 Å². The third-order valence-electron chi connectivity index (χ3n) is 3.61. The Kier molecular flexibility index (Phi) is 4.33. The molecule has 100 valence electrons. The normalized spacial score (nSPS) is 12.4. The second kappa shape index (κ2) is 5.98. The lowest BCUT2D eigenvalue weighted by atomic mass is 9.86. The summed E-state index contributed by atoms with van der Waals surface area (Å²) in [6, 6.07) is 10.5. The number of rotatable bonds is 4. The van der Waals surface area contributed by atoms with E-state index in [0.717, 1.165) is 12.1 Å². The molecule has 0 fully saturated rings. The molecule has 0 spiro atoms. The number of pyridine rings is 1. The summed E-state index contributed by atoms with van der Waals surface area (Å²) in [6.07, 6.45) is 2.75. The molecule has 0 bridgehead atoms. The van der Waals surface area contributed by atoms with Crippen LogP contribution in [-0.2, 0) is 6.42 Å². The number of nitrogens with two attached hydrogens (primary N) is 1. The van der Waals surface area contributed by atoms with E-state index in [0.29, 0.717) is 12.5 Å². The molecule has 0 aliphatic heterocycles. The minimum Gasteiger partial charge on any atom is -0.330 e. The number of nitrogens with zero attached hydrogens (tertiary/aromatic N) is 1. The van der Waals surface area contributed by atoms with E-state index in [4.69, 9.17) is 5.73 Å². The Morgan fingerprint density at radius 2 is 1.79 bits per heavy atom. The summed E-state index contributed by atoms with van der Waals surface area (Å²) < 4.78 is 0. The van der Waals surface area contributed by atoms with Crippen molar-refractivity contribution in [3.63, 3.8) is 0 Å². The zero-order valence-electron chi connectivity index (χ0n) is 12.0. The molecule has 0 aliphatic rings. The Hall–Kier alpha value is -1.67. The van der Waals surface area contributed by atoms with E-state index in [9.17, 15) is 0 Å². The highest BCUT2D eigenvalue weighted by Gasteiger charge is 2.16. The van der Waals surface area contributed by atoms with Crippen molar-refractivity contribution < 1.29 is 0 Å². The molecule has 2 nitrogen and oxygen atoms in total. The van der Waals surface area contributed by atoms with E-state index in [-0.39, 0.29) is 0 Å². The summed E-state index contributed by atoms with van der Waals surface area (Å²) >= 11 is 0. The summed E-state index contributed by atoms with van der Waals surface area (Å²) in [7, 11) is 0. The fraction of sp³-hybridized carbons (Fsp3) is 0.353. The zero-order chi connectivity index (χ0) is 13.8. The molecule has 1 aromatic carbocycles. The van der Waals surface area contributed by atoms with Crippen molar-refractivity contribution in [1.29, 1.82) is 0 Å². The van der Waals surface area contributed by atoms with Gasteiger partial charge in [0, 0.05) is 17.8 Å². The SMILES string of the molecule is Cc1cc(C)c(C(CN)Cc2ccccn2)c(C)c1. The average Bonchev–Trinajstić information content (AvgIpc) is 2.37. The van der Waals surface area contributed by atoms with Gasteiger partial charge in [-0.15, -0.1) is 0 Å². The summed E-state index contributed by atoms with van der Waals surface area (Å²) in [6.45, 7) is 7.15. The molecule has 2 aromatic rings. The monoisotopic (exact) mass is 254 g/mol. The van der Waals surface area contributed by atoms with Crippen LogP contribution in [0.2, 0.25) is 0 Å². The Morgan fingerprint density at radius 1 is 1.11 bits per heavy atom. The van der Waals surface area contributed by atoms with Crippen LogP contribution in [-0.4, -0.2) is 11.5 Å². The highest BCUT2D eigenvalue weighted by molar-refractivity contribution is 5.40. The first-order valence-electron chi connectivity index (χ1n) is 6.79. The van der Waals surface area contributed by atoms with Gasteiger partial charge in [-0.25, -0.2) is 0 Å². The van der Waals surface area contributed by atoms with E-state index in [2.05, 4.69) is 44.0 Å². The van der Waals surface area contributed by atoms with Gasteiger partial charge in [-0.05, 0) is 62.6 Å². The van der Waals surface area contributed by atoms with Crippen molar-refractivity contribution in [3.05, 3.63) is 64.5 Å². The van der Waals surface area contributed by atoms with Gasteiger partial charge in [-0.2, -0.15) is 0 Å². The van der Waals surface area contributed by atoms with Gasteiger partial charge in [0.2, 0.25) is 0 Å². The number of aromatic nitrogens is 1. The molecule has 0 saturated carbocycles. The molecule has 1 heterocycles. The molecule has 0 aliphatic carbocycles. The van der Waals surface area contributed by atoms with E-state index in [1.165, 1.54) is 22.3 Å². The summed E-state index contributed by atoms with van der Waals surface area (Å²) in [4.78, 5) is 4.41. The second-order valence-electron chi connectivity index (χ2n) is 5.27. The van der Waals surface area contributed by atoms with Crippen LogP contribution in [0.25, 0.3) is 0 Å². The van der Waals surface area contributed by atoms with E-state index < -0.39 is 0 Å². The van der Waals surface area contributed by atoms with Gasteiger partial charge in [0.15, 0.2) is 0 Å². The predicted octanol–water partition coefficient (Wildman–Crippen LogP) is 3.29. The van der Waals surface area contributed by atoms with Crippen LogP contribution in [0.3, 0.4) is 0 Å². The molecule has 1 atom stereocenters. The predicted molar refractivity (Wildman–Crippen MR) is 80.4 cm³/mol. The number of hydrogen-bond acceptors (Lipinski definition) is 2. The first kappa shape index (κ1) is 13.8. The van der Waals surface area contributed by atoms with Crippen LogP contribution in [0.5, 0.6) is 0 Å². The highest BCUT2D eigenvalue weighted by atomic mass is 14.7. The van der Waals surface area contributed by atoms with Crippen LogP contribution in [0.1, 0.15) is 33.9 Å². The van der Waals surface area contributed by atoms with E-state index in [1.54, 1.807) is 0 Å². The summed E-state index contributed by atoms with van der Waals surface area (Å²) in [5.41, 5.74) is 12.5. The van der Waals surface area contributed by atoms with Gasteiger partial charge < -0.3 is 5.73 Å². The van der Waals surface area contributed by atoms with Crippen molar-refractivity contribution in [2.75, 3.05) is 6.54 Å². The number of aryl methyl sites for hydroxylation is 3. The molecule has 1 aromatic heterocycles. The van der Waals surface area contributed by atoms with Gasteiger partial charge in [-0.1, -0.05) is 23.8 Å². The third-order valence-corrected chi connectivity index (χ3v) is 3.61. The Labute approximate surface area is 115 Å². The zero-order valence-corrected chi connectivity index (χ0v) is 12.0. The number of hydrogen-bond donors (Lipinski definition) is 1. The van der Waals surface area contributed by atoms with Gasteiger partial charge in [0.05, 0.1) is 0 Å². The Balaban J connectivity index is 2.32. The molecular weight excluding hydrogens is 232 g/mol. The minimum atomic E-state index is 0.343. The van der Waals surface area contributed by atoms with Crippen LogP contribution in [0.15, 0.2) is 36.5 Å². The Morgan fingerprint density at radius 3 is 2.32 bits per heavy atom. The molecular formula is C17H22N2. The van der Waals surface area contributed by atoms with Crippen molar-refractivity contribution in [3.8, 4) is 0 Å². The average molecular weight is 254 g/mol. The van der Waals surface area contributed by atoms with E-state index in [1.807, 2.05) is 18.3 Å². The maximum absolute atomic E-state index is 6.00. The first-order chi connectivity index (χ1) is 9.11. The molecule has 0 saturated heterocycles. The largest absolute Gasteiger partial charge is 0.330 e. The van der Waals surface area contributed by atoms with Crippen LogP contribution < -0.4 is 5.73 Å². The van der Waals surface area contributed by atoms with Crippen molar-refractivity contribution in [2.24, 2.45) is 5.73 Å². The van der Waals surface area contributed by atoms with Crippen LogP contribution in [0.4, 0.5) is 0 Å². The standard InChI is InChI=1S/C17H22N2/c1-12-8-13(2)17(14(3)9-12)15(11-18)10-16-6-4-5-7-19-16/h4-9,15H,10-11,18H2,1-3H3. The van der Waals surface area contributed by atoms with Crippen molar-refractivity contribution in [1.82, 2.24) is 4.98 Å². The number of benzene rings is 1. The van der Waals surface area contributed by atoms with Gasteiger partial charge in [0.1, 0.15) is 0 Å². The summed E-state index contributed by atoms with van der Waals surface area (Å²) in [5.74, 6) is 0.343. The quantitative estimate of drug-likeness (QED) is 0.909. The fourth-order valence-electron chi connectivity index (χ4n) is 2.91. The Bertz CT molecular complexity index is 523. The summed E-state index contributed by atoms with van der Waals surface area (Å²) in [5, 5.41) is 0. The lowest BCUT2D eigenvalue weighted by molar-refractivity contribution is 0.673. The molecule has 2 heteroatoms.